The first kappa shape index (κ1) is 9.26. The number of hydrogen-bond acceptors (Lipinski definition) is 1. The van der Waals surface area contributed by atoms with Crippen molar-refractivity contribution in [2.75, 3.05) is 6.61 Å². The lowest BCUT2D eigenvalue weighted by Gasteiger charge is -2.41. The number of ether oxygens (including phenoxy) is 1. The largest absolute Gasteiger partial charge is 0.377 e. The van der Waals surface area contributed by atoms with E-state index in [1.165, 1.54) is 12.8 Å². The van der Waals surface area contributed by atoms with Gasteiger partial charge < -0.3 is 4.74 Å². The molecule has 0 N–H and O–H groups in total. The lowest BCUT2D eigenvalue weighted by Crippen LogP contribution is -2.40. The Hall–Kier alpha value is -0.300. The van der Waals surface area contributed by atoms with E-state index in [0.717, 1.165) is 12.5 Å². The number of rotatable bonds is 1. The quantitative estimate of drug-likeness (QED) is 0.564. The highest BCUT2D eigenvalue weighted by Gasteiger charge is 2.35. The second kappa shape index (κ2) is 3.45. The van der Waals surface area contributed by atoms with Crippen LogP contribution in [0.1, 0.15) is 33.6 Å². The van der Waals surface area contributed by atoms with E-state index in [1.807, 2.05) is 0 Å². The maximum atomic E-state index is 5.94. The van der Waals surface area contributed by atoms with Gasteiger partial charge in [0.1, 0.15) is 0 Å². The fourth-order valence-electron chi connectivity index (χ4n) is 2.69. The number of allylic oxidation sites excluding steroid dienone is 1. The number of hydrogen-bond donors (Lipinski definition) is 0. The van der Waals surface area contributed by atoms with Gasteiger partial charge in [0.25, 0.3) is 0 Å². The van der Waals surface area contributed by atoms with E-state index in [4.69, 9.17) is 4.74 Å². The molecule has 1 saturated heterocycles. The van der Waals surface area contributed by atoms with E-state index in [1.54, 1.807) is 5.57 Å². The molecular weight excluding hydrogens is 160 g/mol. The van der Waals surface area contributed by atoms with Gasteiger partial charge in [-0.15, -0.1) is 0 Å². The predicted molar refractivity (Wildman–Crippen MR) is 54.5 cm³/mol. The Labute approximate surface area is 81.2 Å². The van der Waals surface area contributed by atoms with Gasteiger partial charge in [-0.25, -0.2) is 0 Å². The Balaban J connectivity index is 2.16. The van der Waals surface area contributed by atoms with Gasteiger partial charge in [0.2, 0.25) is 0 Å². The predicted octanol–water partition coefficient (Wildman–Crippen LogP) is 3.01. The van der Waals surface area contributed by atoms with Crippen molar-refractivity contribution >= 4 is 0 Å². The summed E-state index contributed by atoms with van der Waals surface area (Å²) in [6.07, 6.45) is 5.52. The van der Waals surface area contributed by atoms with Gasteiger partial charge in [0.15, 0.2) is 0 Å². The third-order valence-electron chi connectivity index (χ3n) is 3.52. The Morgan fingerprint density at radius 1 is 1.46 bits per heavy atom. The third kappa shape index (κ3) is 1.67. The van der Waals surface area contributed by atoms with Crippen molar-refractivity contribution in [2.45, 2.75) is 39.7 Å². The molecule has 13 heavy (non-hydrogen) atoms. The van der Waals surface area contributed by atoms with Gasteiger partial charge in [-0.2, -0.15) is 0 Å². The molecule has 1 nitrogen and oxygen atoms in total. The Kier molecular flexibility index (Phi) is 2.46. The minimum Gasteiger partial charge on any atom is -0.377 e. The summed E-state index contributed by atoms with van der Waals surface area (Å²) in [5.41, 5.74) is 1.56. The minimum atomic E-state index is 0.479. The van der Waals surface area contributed by atoms with Crippen molar-refractivity contribution in [3.63, 3.8) is 0 Å². The summed E-state index contributed by atoms with van der Waals surface area (Å²) in [6, 6.07) is 0. The molecule has 0 spiro atoms. The van der Waals surface area contributed by atoms with Crippen LogP contribution in [0.25, 0.3) is 0 Å². The van der Waals surface area contributed by atoms with Crippen LogP contribution < -0.4 is 0 Å². The molecule has 0 aromatic rings. The molecule has 2 rings (SSSR count). The van der Waals surface area contributed by atoms with Crippen LogP contribution in [0, 0.1) is 17.8 Å². The highest BCUT2D eigenvalue weighted by molar-refractivity contribution is 5.12. The lowest BCUT2D eigenvalue weighted by molar-refractivity contribution is -0.0716. The van der Waals surface area contributed by atoms with E-state index in [9.17, 15) is 0 Å². The summed E-state index contributed by atoms with van der Waals surface area (Å²) < 4.78 is 5.94. The van der Waals surface area contributed by atoms with Crippen molar-refractivity contribution in [3.05, 3.63) is 11.6 Å². The van der Waals surface area contributed by atoms with E-state index < -0.39 is 0 Å². The summed E-state index contributed by atoms with van der Waals surface area (Å²) in [5.74, 6) is 2.18. The first-order valence-corrected chi connectivity index (χ1v) is 5.46. The average molecular weight is 180 g/mol. The number of fused-ring (bicyclic) bond motifs is 2. The van der Waals surface area contributed by atoms with Crippen molar-refractivity contribution in [1.82, 2.24) is 0 Å². The second-order valence-electron chi connectivity index (χ2n) is 4.93. The van der Waals surface area contributed by atoms with E-state index >= 15 is 0 Å². The van der Waals surface area contributed by atoms with E-state index in [2.05, 4.69) is 26.8 Å². The van der Waals surface area contributed by atoms with E-state index in [-0.39, 0.29) is 0 Å². The molecule has 1 heterocycles. The molecule has 1 heteroatoms. The minimum absolute atomic E-state index is 0.479. The van der Waals surface area contributed by atoms with Crippen LogP contribution in [0.3, 0.4) is 0 Å². The molecule has 2 aliphatic rings. The topological polar surface area (TPSA) is 9.23 Å². The molecular formula is C12H20O. The molecule has 1 aliphatic carbocycles. The van der Waals surface area contributed by atoms with Gasteiger partial charge in [0, 0.05) is 5.92 Å². The van der Waals surface area contributed by atoms with Crippen LogP contribution in [-0.4, -0.2) is 12.7 Å². The zero-order valence-electron chi connectivity index (χ0n) is 8.92. The standard InChI is InChI=1S/C12H20O/c1-8(2)12-11-6-10(7-13-12)5-4-9(11)3/h4,8,10-12H,5-7H2,1-3H3/t10-,11-,12-/m1/s1. The SMILES string of the molecule is CC1=CC[C@H]2CO[C@H](C(C)C)[C@@H]1C2. The average Bonchev–Trinajstić information content (AvgIpc) is 2.12. The van der Waals surface area contributed by atoms with Crippen LogP contribution in [-0.2, 0) is 4.74 Å². The molecule has 3 atom stereocenters. The smallest absolute Gasteiger partial charge is 0.0663 e. The molecule has 0 aromatic heterocycles. The van der Waals surface area contributed by atoms with E-state index in [0.29, 0.717) is 17.9 Å². The molecule has 1 fully saturated rings. The fraction of sp³-hybridized carbons (Fsp3) is 0.833. The van der Waals surface area contributed by atoms with Crippen molar-refractivity contribution in [2.24, 2.45) is 17.8 Å². The highest BCUT2D eigenvalue weighted by Crippen LogP contribution is 2.39. The zero-order chi connectivity index (χ0) is 9.42. The van der Waals surface area contributed by atoms with Gasteiger partial charge in [0.05, 0.1) is 12.7 Å². The summed E-state index contributed by atoms with van der Waals surface area (Å²) >= 11 is 0. The summed E-state index contributed by atoms with van der Waals surface area (Å²) in [4.78, 5) is 0. The van der Waals surface area contributed by atoms with Crippen LogP contribution in [0.5, 0.6) is 0 Å². The zero-order valence-corrected chi connectivity index (χ0v) is 8.92. The van der Waals surface area contributed by atoms with Crippen LogP contribution >= 0.6 is 0 Å². The first-order valence-electron chi connectivity index (χ1n) is 5.46. The fourth-order valence-corrected chi connectivity index (χ4v) is 2.69. The Morgan fingerprint density at radius 3 is 2.92 bits per heavy atom. The monoisotopic (exact) mass is 180 g/mol. The highest BCUT2D eigenvalue weighted by atomic mass is 16.5. The molecule has 0 aromatic carbocycles. The molecule has 0 radical (unpaired) electrons. The maximum absolute atomic E-state index is 5.94. The second-order valence-corrected chi connectivity index (χ2v) is 4.93. The molecule has 74 valence electrons. The maximum Gasteiger partial charge on any atom is 0.0663 e. The van der Waals surface area contributed by atoms with Crippen LogP contribution in [0.15, 0.2) is 11.6 Å². The molecule has 2 bridgehead atoms. The molecule has 0 amide bonds. The van der Waals surface area contributed by atoms with Gasteiger partial charge in [-0.05, 0) is 31.6 Å². The van der Waals surface area contributed by atoms with Crippen molar-refractivity contribution < 1.29 is 4.74 Å². The normalized spacial score (nSPS) is 39.1. The third-order valence-corrected chi connectivity index (χ3v) is 3.52. The van der Waals surface area contributed by atoms with Gasteiger partial charge in [-0.1, -0.05) is 25.5 Å². The first-order chi connectivity index (χ1) is 6.18. The van der Waals surface area contributed by atoms with Gasteiger partial charge >= 0.3 is 0 Å². The van der Waals surface area contributed by atoms with Crippen molar-refractivity contribution in [3.8, 4) is 0 Å². The van der Waals surface area contributed by atoms with Crippen LogP contribution in [0.4, 0.5) is 0 Å². The summed E-state index contributed by atoms with van der Waals surface area (Å²) in [6.45, 7) is 7.80. The van der Waals surface area contributed by atoms with Gasteiger partial charge in [-0.3, -0.25) is 0 Å². The molecule has 0 saturated carbocycles. The summed E-state index contributed by atoms with van der Waals surface area (Å²) in [5, 5.41) is 0. The van der Waals surface area contributed by atoms with Crippen molar-refractivity contribution in [1.29, 1.82) is 0 Å². The van der Waals surface area contributed by atoms with Crippen LogP contribution in [0.2, 0.25) is 0 Å². The Bertz CT molecular complexity index is 217. The Morgan fingerprint density at radius 2 is 2.23 bits per heavy atom. The summed E-state index contributed by atoms with van der Waals surface area (Å²) in [7, 11) is 0. The molecule has 0 unspecified atom stereocenters. The lowest BCUT2D eigenvalue weighted by atomic mass is 9.74. The molecule has 1 aliphatic heterocycles.